The van der Waals surface area contributed by atoms with Gasteiger partial charge in [0, 0.05) is 40.8 Å². The van der Waals surface area contributed by atoms with E-state index in [2.05, 4.69) is 25.3 Å². The zero-order valence-electron chi connectivity index (χ0n) is 17.9. The first kappa shape index (κ1) is 21.0. The van der Waals surface area contributed by atoms with Crippen LogP contribution in [0.1, 0.15) is 29.9 Å². The first-order valence-electron chi connectivity index (χ1n) is 10.6. The monoisotopic (exact) mass is 421 g/mol. The smallest absolute Gasteiger partial charge is 0.230 e. The third-order valence-corrected chi connectivity index (χ3v) is 5.46. The number of rotatable bonds is 8. The van der Waals surface area contributed by atoms with Crippen LogP contribution in [-0.2, 0) is 11.2 Å². The second-order valence-electron chi connectivity index (χ2n) is 7.74. The number of anilines is 1. The van der Waals surface area contributed by atoms with Crippen molar-refractivity contribution in [2.24, 2.45) is 0 Å². The number of carbonyl (C=O) groups is 1. The molecule has 0 aliphatic carbocycles. The van der Waals surface area contributed by atoms with Gasteiger partial charge in [0.25, 0.3) is 0 Å². The van der Waals surface area contributed by atoms with E-state index >= 15 is 0 Å². The third-order valence-electron chi connectivity index (χ3n) is 5.46. The lowest BCUT2D eigenvalue weighted by Crippen LogP contribution is -2.25. The Balaban J connectivity index is 1.56. The standard InChI is InChI=1S/C23H27N5O3/c1-16-23(17(2)25-15-24-16)20-13-18(26-22(29)14-19-7-11-31-27-19)5-6-21(20)30-12-10-28-8-3-4-9-28/h5-7,11,13,15H,3-4,8-10,12,14H2,1-2H3,(H,26,29). The van der Waals surface area contributed by atoms with Crippen LogP contribution in [-0.4, -0.2) is 52.2 Å². The molecule has 8 nitrogen and oxygen atoms in total. The number of nitrogens with one attached hydrogen (secondary N) is 1. The summed E-state index contributed by atoms with van der Waals surface area (Å²) >= 11 is 0. The first-order valence-corrected chi connectivity index (χ1v) is 10.6. The fourth-order valence-corrected chi connectivity index (χ4v) is 3.90. The molecule has 2 aromatic heterocycles. The summed E-state index contributed by atoms with van der Waals surface area (Å²) < 4.78 is 11.0. The summed E-state index contributed by atoms with van der Waals surface area (Å²) in [5.41, 5.74) is 4.79. The van der Waals surface area contributed by atoms with Crippen LogP contribution in [0.15, 0.2) is 41.4 Å². The first-order chi connectivity index (χ1) is 15.1. The number of nitrogens with zero attached hydrogens (tertiary/aromatic N) is 4. The quantitative estimate of drug-likeness (QED) is 0.596. The van der Waals surface area contributed by atoms with Gasteiger partial charge in [-0.05, 0) is 58.0 Å². The Labute approximate surface area is 181 Å². The van der Waals surface area contributed by atoms with Gasteiger partial charge in [-0.25, -0.2) is 9.97 Å². The molecule has 0 bridgehead atoms. The van der Waals surface area contributed by atoms with Crippen molar-refractivity contribution in [2.75, 3.05) is 31.6 Å². The number of ether oxygens (including phenoxy) is 1. The zero-order chi connectivity index (χ0) is 21.6. The molecule has 0 atom stereocenters. The molecule has 1 aromatic carbocycles. The molecule has 162 valence electrons. The van der Waals surface area contributed by atoms with Crippen molar-refractivity contribution in [3.8, 4) is 16.9 Å². The SMILES string of the molecule is Cc1ncnc(C)c1-c1cc(NC(=O)Cc2ccon2)ccc1OCCN1CCCC1. The van der Waals surface area contributed by atoms with Crippen molar-refractivity contribution in [3.63, 3.8) is 0 Å². The highest BCUT2D eigenvalue weighted by atomic mass is 16.5. The Morgan fingerprint density at radius 3 is 2.65 bits per heavy atom. The number of hydrogen-bond acceptors (Lipinski definition) is 7. The van der Waals surface area contributed by atoms with E-state index in [1.807, 2.05) is 32.0 Å². The van der Waals surface area contributed by atoms with E-state index < -0.39 is 0 Å². The lowest BCUT2D eigenvalue weighted by Gasteiger charge is -2.18. The summed E-state index contributed by atoms with van der Waals surface area (Å²) in [5.74, 6) is 0.593. The minimum atomic E-state index is -0.166. The van der Waals surface area contributed by atoms with Crippen molar-refractivity contribution in [1.82, 2.24) is 20.0 Å². The van der Waals surface area contributed by atoms with E-state index in [1.165, 1.54) is 19.1 Å². The van der Waals surface area contributed by atoms with E-state index in [4.69, 9.17) is 9.26 Å². The zero-order valence-corrected chi connectivity index (χ0v) is 17.9. The van der Waals surface area contributed by atoms with Gasteiger partial charge in [0.15, 0.2) is 0 Å². The molecule has 1 aliphatic heterocycles. The summed E-state index contributed by atoms with van der Waals surface area (Å²) in [7, 11) is 0. The molecule has 8 heteroatoms. The normalized spacial score (nSPS) is 14.0. The van der Waals surface area contributed by atoms with Gasteiger partial charge in [-0.2, -0.15) is 0 Å². The van der Waals surface area contributed by atoms with E-state index in [1.54, 1.807) is 12.4 Å². The highest BCUT2D eigenvalue weighted by Crippen LogP contribution is 2.35. The largest absolute Gasteiger partial charge is 0.492 e. The van der Waals surface area contributed by atoms with Gasteiger partial charge < -0.3 is 14.6 Å². The predicted molar refractivity (Wildman–Crippen MR) is 117 cm³/mol. The highest BCUT2D eigenvalue weighted by Gasteiger charge is 2.17. The van der Waals surface area contributed by atoms with Gasteiger partial charge in [-0.15, -0.1) is 0 Å². The second kappa shape index (κ2) is 9.70. The fourth-order valence-electron chi connectivity index (χ4n) is 3.90. The van der Waals surface area contributed by atoms with Crippen LogP contribution in [0.4, 0.5) is 5.69 Å². The van der Waals surface area contributed by atoms with Gasteiger partial charge >= 0.3 is 0 Å². The fraction of sp³-hybridized carbons (Fsp3) is 0.391. The van der Waals surface area contributed by atoms with E-state index in [0.29, 0.717) is 18.0 Å². The van der Waals surface area contributed by atoms with Crippen molar-refractivity contribution >= 4 is 11.6 Å². The summed E-state index contributed by atoms with van der Waals surface area (Å²) in [4.78, 5) is 23.5. The molecular formula is C23H27N5O3. The van der Waals surface area contributed by atoms with Crippen LogP contribution in [0, 0.1) is 13.8 Å². The maximum absolute atomic E-state index is 12.4. The number of aryl methyl sites for hydroxylation is 2. The minimum absolute atomic E-state index is 0.145. The van der Waals surface area contributed by atoms with Crippen molar-refractivity contribution in [3.05, 3.63) is 53.9 Å². The summed E-state index contributed by atoms with van der Waals surface area (Å²) in [6.45, 7) is 7.69. The molecule has 1 saturated heterocycles. The Hall–Kier alpha value is -3.26. The van der Waals surface area contributed by atoms with Gasteiger partial charge in [-0.1, -0.05) is 5.16 Å². The van der Waals surface area contributed by atoms with Gasteiger partial charge in [0.2, 0.25) is 5.91 Å². The van der Waals surface area contributed by atoms with Crippen molar-refractivity contribution in [2.45, 2.75) is 33.1 Å². The number of hydrogen-bond donors (Lipinski definition) is 1. The minimum Gasteiger partial charge on any atom is -0.492 e. The topological polar surface area (TPSA) is 93.4 Å². The average Bonchev–Trinajstić information content (AvgIpc) is 3.43. The summed E-state index contributed by atoms with van der Waals surface area (Å²) in [5, 5.41) is 6.72. The van der Waals surface area contributed by atoms with E-state index in [-0.39, 0.29) is 12.3 Å². The van der Waals surface area contributed by atoms with Crippen LogP contribution in [0.5, 0.6) is 5.75 Å². The van der Waals surface area contributed by atoms with Gasteiger partial charge in [0.05, 0.1) is 12.1 Å². The molecule has 31 heavy (non-hydrogen) atoms. The molecule has 1 N–H and O–H groups in total. The van der Waals surface area contributed by atoms with Gasteiger partial charge in [0.1, 0.15) is 24.9 Å². The molecule has 0 radical (unpaired) electrons. The van der Waals surface area contributed by atoms with Crippen LogP contribution in [0.3, 0.4) is 0 Å². The molecule has 4 rings (SSSR count). The number of amides is 1. The van der Waals surface area contributed by atoms with E-state index in [0.717, 1.165) is 47.9 Å². The Morgan fingerprint density at radius 2 is 1.94 bits per heavy atom. The number of likely N-dealkylation sites (tertiary alicyclic amines) is 1. The molecule has 1 aliphatic rings. The lowest BCUT2D eigenvalue weighted by atomic mass is 10.0. The summed E-state index contributed by atoms with van der Waals surface area (Å²) in [6.07, 6.45) is 5.68. The molecule has 1 fully saturated rings. The molecular weight excluding hydrogens is 394 g/mol. The lowest BCUT2D eigenvalue weighted by molar-refractivity contribution is -0.115. The van der Waals surface area contributed by atoms with E-state index in [9.17, 15) is 4.79 Å². The van der Waals surface area contributed by atoms with Crippen molar-refractivity contribution < 1.29 is 14.1 Å². The highest BCUT2D eigenvalue weighted by molar-refractivity contribution is 5.93. The average molecular weight is 422 g/mol. The molecule has 3 heterocycles. The summed E-state index contributed by atoms with van der Waals surface area (Å²) in [6, 6.07) is 7.35. The third kappa shape index (κ3) is 5.27. The number of carbonyl (C=O) groups excluding carboxylic acids is 1. The van der Waals surface area contributed by atoms with Crippen LogP contribution >= 0.6 is 0 Å². The molecule has 0 spiro atoms. The molecule has 0 unspecified atom stereocenters. The Kier molecular flexibility index (Phi) is 6.57. The van der Waals surface area contributed by atoms with Crippen LogP contribution in [0.25, 0.3) is 11.1 Å². The maximum atomic E-state index is 12.4. The Morgan fingerprint density at radius 1 is 1.16 bits per heavy atom. The Bertz CT molecular complexity index is 1010. The second-order valence-corrected chi connectivity index (χ2v) is 7.74. The predicted octanol–water partition coefficient (Wildman–Crippen LogP) is 3.40. The van der Waals surface area contributed by atoms with Gasteiger partial charge in [-0.3, -0.25) is 9.69 Å². The van der Waals surface area contributed by atoms with Crippen LogP contribution in [0.2, 0.25) is 0 Å². The molecule has 0 saturated carbocycles. The van der Waals surface area contributed by atoms with Crippen molar-refractivity contribution in [1.29, 1.82) is 0 Å². The van der Waals surface area contributed by atoms with Crippen LogP contribution < -0.4 is 10.1 Å². The molecule has 3 aromatic rings. The number of benzene rings is 1. The molecule has 1 amide bonds. The number of aromatic nitrogens is 3. The maximum Gasteiger partial charge on any atom is 0.230 e.